The normalized spacial score (nSPS) is 12.7. The second-order valence-corrected chi connectivity index (χ2v) is 7.52. The highest BCUT2D eigenvalue weighted by molar-refractivity contribution is 5.97. The van der Waals surface area contributed by atoms with Gasteiger partial charge in [-0.2, -0.15) is 13.2 Å². The molecule has 10 heteroatoms. The second kappa shape index (κ2) is 10.5. The summed E-state index contributed by atoms with van der Waals surface area (Å²) in [6, 6.07) is 4.07. The molecule has 1 aromatic carbocycles. The van der Waals surface area contributed by atoms with Crippen molar-refractivity contribution < 1.29 is 18.0 Å². The number of nitrogens with zero attached hydrogens (tertiary/aromatic N) is 3. The third-order valence-electron chi connectivity index (χ3n) is 4.71. The van der Waals surface area contributed by atoms with Crippen LogP contribution < -0.4 is 5.73 Å². The van der Waals surface area contributed by atoms with E-state index >= 15 is 0 Å². The fourth-order valence-electron chi connectivity index (χ4n) is 2.95. The molecule has 0 aliphatic carbocycles. The Morgan fingerprint density at radius 2 is 1.79 bits per heavy atom. The van der Waals surface area contributed by atoms with Crippen LogP contribution in [0.5, 0.6) is 0 Å². The van der Waals surface area contributed by atoms with E-state index in [1.165, 1.54) is 17.0 Å². The Hall–Kier alpha value is -1.51. The largest absolute Gasteiger partial charge is 0.449 e. The van der Waals surface area contributed by atoms with Gasteiger partial charge in [0.05, 0.1) is 11.0 Å². The minimum Gasteiger partial charge on any atom is -0.342 e. The Morgan fingerprint density at radius 3 is 2.28 bits per heavy atom. The van der Waals surface area contributed by atoms with Crippen LogP contribution in [0.25, 0.3) is 11.0 Å². The van der Waals surface area contributed by atoms with Crippen molar-refractivity contribution in [1.82, 2.24) is 14.5 Å². The van der Waals surface area contributed by atoms with Crippen LogP contribution in [0.4, 0.5) is 13.2 Å². The molecule has 0 aliphatic heterocycles. The first-order valence-corrected chi connectivity index (χ1v) is 9.03. The number of hydrogen-bond donors (Lipinski definition) is 1. The second-order valence-electron chi connectivity index (χ2n) is 7.52. The van der Waals surface area contributed by atoms with Gasteiger partial charge in [-0.15, -0.1) is 24.8 Å². The predicted octanol–water partition coefficient (Wildman–Crippen LogP) is 4.93. The number of nitrogens with two attached hydrogens (primary N) is 1. The number of benzene rings is 1. The molecule has 1 aromatic heterocycles. The molecule has 166 valence electrons. The van der Waals surface area contributed by atoms with E-state index in [-0.39, 0.29) is 42.3 Å². The van der Waals surface area contributed by atoms with Crippen molar-refractivity contribution in [2.45, 2.75) is 52.4 Å². The van der Waals surface area contributed by atoms with E-state index in [9.17, 15) is 18.0 Å². The summed E-state index contributed by atoms with van der Waals surface area (Å²) in [5, 5.41) is 0. The Balaban J connectivity index is 0.00000392. The molecule has 2 aromatic rings. The molecule has 1 atom stereocenters. The van der Waals surface area contributed by atoms with Crippen LogP contribution in [0.15, 0.2) is 18.2 Å². The summed E-state index contributed by atoms with van der Waals surface area (Å²) in [6.07, 6.45) is -3.90. The summed E-state index contributed by atoms with van der Waals surface area (Å²) in [4.78, 5) is 17.9. The molecule has 2 rings (SSSR count). The maximum absolute atomic E-state index is 13.3. The van der Waals surface area contributed by atoms with Gasteiger partial charge >= 0.3 is 6.18 Å². The Bertz CT molecular complexity index is 822. The molecule has 0 radical (unpaired) electrons. The Morgan fingerprint density at radius 1 is 1.21 bits per heavy atom. The summed E-state index contributed by atoms with van der Waals surface area (Å²) in [5.41, 5.74) is 6.84. The summed E-state index contributed by atoms with van der Waals surface area (Å²) >= 11 is 0. The van der Waals surface area contributed by atoms with Crippen LogP contribution in [0, 0.1) is 5.92 Å². The molecular formula is C19H29Cl2F3N4O. The first-order valence-electron chi connectivity index (χ1n) is 9.03. The van der Waals surface area contributed by atoms with Crippen molar-refractivity contribution in [1.29, 1.82) is 0 Å². The average Bonchev–Trinajstić information content (AvgIpc) is 2.97. The number of hydrogen-bond acceptors (Lipinski definition) is 3. The molecule has 0 spiro atoms. The summed E-state index contributed by atoms with van der Waals surface area (Å²) in [5.74, 6) is -0.903. The van der Waals surface area contributed by atoms with Crippen molar-refractivity contribution in [3.05, 3.63) is 29.6 Å². The molecule has 0 saturated carbocycles. The molecule has 1 unspecified atom stereocenters. The Labute approximate surface area is 181 Å². The number of carbonyl (C=O) groups is 1. The number of imidazole rings is 1. The monoisotopic (exact) mass is 456 g/mol. The van der Waals surface area contributed by atoms with E-state index in [2.05, 4.69) is 4.98 Å². The molecule has 1 amide bonds. The van der Waals surface area contributed by atoms with Gasteiger partial charge in [0.2, 0.25) is 5.82 Å². The van der Waals surface area contributed by atoms with E-state index in [0.717, 1.165) is 4.57 Å². The van der Waals surface area contributed by atoms with Gasteiger partial charge in [0.25, 0.3) is 5.91 Å². The van der Waals surface area contributed by atoms with Crippen LogP contribution >= 0.6 is 24.8 Å². The van der Waals surface area contributed by atoms with Gasteiger partial charge in [-0.05, 0) is 44.4 Å². The lowest BCUT2D eigenvalue weighted by Gasteiger charge is -2.21. The topological polar surface area (TPSA) is 64.2 Å². The molecule has 0 fully saturated rings. The molecule has 29 heavy (non-hydrogen) atoms. The molecule has 0 aliphatic rings. The fraction of sp³-hybridized carbons (Fsp3) is 0.579. The molecular weight excluding hydrogens is 428 g/mol. The van der Waals surface area contributed by atoms with Gasteiger partial charge in [0, 0.05) is 31.2 Å². The maximum atomic E-state index is 13.3. The average molecular weight is 457 g/mol. The summed E-state index contributed by atoms with van der Waals surface area (Å²) in [7, 11) is 1.66. The number of fused-ring (bicyclic) bond motifs is 1. The zero-order valence-electron chi connectivity index (χ0n) is 17.2. The highest BCUT2D eigenvalue weighted by Crippen LogP contribution is 2.34. The zero-order chi connectivity index (χ0) is 20.5. The highest BCUT2D eigenvalue weighted by atomic mass is 35.5. The predicted molar refractivity (Wildman–Crippen MR) is 114 cm³/mol. The van der Waals surface area contributed by atoms with E-state index in [0.29, 0.717) is 30.0 Å². The van der Waals surface area contributed by atoms with E-state index in [4.69, 9.17) is 5.73 Å². The van der Waals surface area contributed by atoms with Crippen molar-refractivity contribution >= 4 is 41.8 Å². The summed E-state index contributed by atoms with van der Waals surface area (Å²) in [6.45, 7) is 7.85. The number of carbonyl (C=O) groups excluding carboxylic acids is 1. The SMILES string of the molecule is CC(C)C(N)CCN(C)C(=O)c1ccc2c(c1)nc(C(F)(F)F)n2C(C)C.Cl.Cl. The fourth-order valence-corrected chi connectivity index (χ4v) is 2.95. The highest BCUT2D eigenvalue weighted by Gasteiger charge is 2.38. The van der Waals surface area contributed by atoms with Crippen LogP contribution in [0.2, 0.25) is 0 Å². The molecule has 1 heterocycles. The first-order chi connectivity index (χ1) is 12.4. The van der Waals surface area contributed by atoms with Crippen LogP contribution in [0.3, 0.4) is 0 Å². The summed E-state index contributed by atoms with van der Waals surface area (Å²) < 4.78 is 41.1. The van der Waals surface area contributed by atoms with E-state index in [1.54, 1.807) is 27.0 Å². The molecule has 0 saturated heterocycles. The number of alkyl halides is 3. The van der Waals surface area contributed by atoms with Crippen molar-refractivity contribution in [3.63, 3.8) is 0 Å². The van der Waals surface area contributed by atoms with Gasteiger partial charge < -0.3 is 15.2 Å². The van der Waals surface area contributed by atoms with Gasteiger partial charge in [-0.25, -0.2) is 4.98 Å². The van der Waals surface area contributed by atoms with Crippen molar-refractivity contribution in [3.8, 4) is 0 Å². The van der Waals surface area contributed by atoms with Gasteiger partial charge in [-0.3, -0.25) is 4.79 Å². The third kappa shape index (κ3) is 6.23. The lowest BCUT2D eigenvalue weighted by molar-refractivity contribution is -0.147. The smallest absolute Gasteiger partial charge is 0.342 e. The number of rotatable bonds is 6. The van der Waals surface area contributed by atoms with Gasteiger partial charge in [0.15, 0.2) is 0 Å². The quantitative estimate of drug-likeness (QED) is 0.670. The molecule has 0 bridgehead atoms. The molecule has 2 N–H and O–H groups in total. The van der Waals surface area contributed by atoms with Crippen LogP contribution in [-0.4, -0.2) is 40.0 Å². The van der Waals surface area contributed by atoms with E-state index < -0.39 is 18.0 Å². The number of amides is 1. The third-order valence-corrected chi connectivity index (χ3v) is 4.71. The minimum absolute atomic E-state index is 0. The standard InChI is InChI=1S/C19H27F3N4O.2ClH/c1-11(2)14(23)8-9-25(5)17(27)13-6-7-16-15(10-13)24-18(19(20,21)22)26(16)12(3)4;;/h6-7,10-12,14H,8-9,23H2,1-5H3;2*1H. The Kier molecular flexibility index (Phi) is 9.95. The van der Waals surface area contributed by atoms with E-state index in [1.807, 2.05) is 13.8 Å². The number of aromatic nitrogens is 2. The lowest BCUT2D eigenvalue weighted by atomic mass is 10.0. The van der Waals surface area contributed by atoms with Gasteiger partial charge in [-0.1, -0.05) is 13.8 Å². The lowest BCUT2D eigenvalue weighted by Crippen LogP contribution is -2.34. The van der Waals surface area contributed by atoms with Crippen molar-refractivity contribution in [2.75, 3.05) is 13.6 Å². The first kappa shape index (κ1) is 27.5. The molecule has 5 nitrogen and oxygen atoms in total. The van der Waals surface area contributed by atoms with Gasteiger partial charge in [0.1, 0.15) is 0 Å². The number of halogens is 5. The van der Waals surface area contributed by atoms with Crippen molar-refractivity contribution in [2.24, 2.45) is 11.7 Å². The minimum atomic E-state index is -4.56. The zero-order valence-corrected chi connectivity index (χ0v) is 18.8. The maximum Gasteiger partial charge on any atom is 0.449 e. The van der Waals surface area contributed by atoms with Crippen LogP contribution in [-0.2, 0) is 6.18 Å². The van der Waals surface area contributed by atoms with Crippen LogP contribution in [0.1, 0.15) is 56.3 Å².